The van der Waals surface area contributed by atoms with Crippen molar-refractivity contribution in [1.82, 2.24) is 14.5 Å². The second-order valence-corrected chi connectivity index (χ2v) is 8.67. The van der Waals surface area contributed by atoms with Crippen molar-refractivity contribution in [2.45, 2.75) is 36.6 Å². The molecule has 0 aliphatic heterocycles. The Labute approximate surface area is 187 Å². The van der Waals surface area contributed by atoms with Crippen molar-refractivity contribution in [3.63, 3.8) is 0 Å². The van der Waals surface area contributed by atoms with Crippen LogP contribution in [0, 0.1) is 17.5 Å². The van der Waals surface area contributed by atoms with Crippen LogP contribution >= 0.6 is 11.9 Å². The predicted octanol–water partition coefficient (Wildman–Crippen LogP) is 6.33. The minimum Gasteiger partial charge on any atom is -0.383 e. The molecule has 164 valence electrons. The monoisotopic (exact) mass is 455 g/mol. The quantitative estimate of drug-likeness (QED) is 0.344. The Kier molecular flexibility index (Phi) is 5.42. The highest BCUT2D eigenvalue weighted by Crippen LogP contribution is 2.39. The molecule has 1 aliphatic rings. The average molecular weight is 456 g/mol. The van der Waals surface area contributed by atoms with Gasteiger partial charge in [-0.3, -0.25) is 0 Å². The van der Waals surface area contributed by atoms with Crippen molar-refractivity contribution < 1.29 is 13.2 Å². The molecule has 0 spiro atoms. The lowest BCUT2D eigenvalue weighted by atomic mass is 10.1. The first-order valence-corrected chi connectivity index (χ1v) is 11.1. The predicted molar refractivity (Wildman–Crippen MR) is 121 cm³/mol. The van der Waals surface area contributed by atoms with Gasteiger partial charge in [0.25, 0.3) is 0 Å². The van der Waals surface area contributed by atoms with Crippen LogP contribution in [0.5, 0.6) is 0 Å². The fourth-order valence-corrected chi connectivity index (χ4v) is 4.90. The molecule has 5 rings (SSSR count). The minimum atomic E-state index is -0.713. The summed E-state index contributed by atoms with van der Waals surface area (Å²) in [6.07, 6.45) is 7.91. The van der Waals surface area contributed by atoms with Crippen LogP contribution in [0.4, 0.5) is 24.7 Å². The van der Waals surface area contributed by atoms with Gasteiger partial charge < -0.3 is 15.0 Å². The van der Waals surface area contributed by atoms with E-state index in [9.17, 15) is 13.2 Å². The molecule has 2 heterocycles. The van der Waals surface area contributed by atoms with E-state index < -0.39 is 17.5 Å². The van der Waals surface area contributed by atoms with Gasteiger partial charge in [-0.25, -0.2) is 23.1 Å². The lowest BCUT2D eigenvalue weighted by Crippen LogP contribution is -2.04. The number of halogens is 3. The third-order valence-electron chi connectivity index (χ3n) is 5.80. The van der Waals surface area contributed by atoms with Crippen LogP contribution in [-0.2, 0) is 0 Å². The highest BCUT2D eigenvalue weighted by Gasteiger charge is 2.23. The summed E-state index contributed by atoms with van der Waals surface area (Å²) in [5.41, 5.74) is 8.53. The number of nitrogens with zero attached hydrogens (tertiary/aromatic N) is 3. The Balaban J connectivity index is 1.47. The molecule has 0 atom stereocenters. The van der Waals surface area contributed by atoms with Crippen LogP contribution in [-0.4, -0.2) is 14.5 Å². The molecule has 3 N–H and O–H groups in total. The van der Waals surface area contributed by atoms with Gasteiger partial charge in [0, 0.05) is 23.9 Å². The van der Waals surface area contributed by atoms with Gasteiger partial charge in [0.15, 0.2) is 0 Å². The molecular formula is C23H20F3N5S. The molecule has 1 fully saturated rings. The van der Waals surface area contributed by atoms with Gasteiger partial charge in [0.1, 0.15) is 35.2 Å². The number of nitrogen functional groups attached to an aromatic ring is 1. The highest BCUT2D eigenvalue weighted by molar-refractivity contribution is 8.00. The Hall–Kier alpha value is -3.20. The van der Waals surface area contributed by atoms with E-state index in [1.54, 1.807) is 12.1 Å². The van der Waals surface area contributed by atoms with E-state index in [2.05, 4.69) is 19.3 Å². The molecule has 1 aliphatic carbocycles. The Morgan fingerprint density at radius 3 is 2.56 bits per heavy atom. The van der Waals surface area contributed by atoms with Crippen LogP contribution in [0.25, 0.3) is 22.2 Å². The molecule has 0 radical (unpaired) electrons. The number of hydrogen-bond acceptors (Lipinski definition) is 5. The summed E-state index contributed by atoms with van der Waals surface area (Å²) in [4.78, 5) is 8.75. The standard InChI is InChI=1S/C23H20F3N5S/c24-14-6-8-20(18(26)10-14)32-30-19-7-5-13(9-17(19)25)16-11-31(15-3-1-2-4-15)23-21(16)22(27)28-12-29-23/h5-12,15,30H,1-4H2,(H2,27,28,29). The zero-order valence-electron chi connectivity index (χ0n) is 17.0. The van der Waals surface area contributed by atoms with E-state index in [0.717, 1.165) is 48.1 Å². The molecule has 1 saturated carbocycles. The second-order valence-electron chi connectivity index (χ2n) is 7.82. The number of aromatic nitrogens is 3. The number of anilines is 2. The van der Waals surface area contributed by atoms with E-state index >= 15 is 0 Å². The molecule has 5 nitrogen and oxygen atoms in total. The largest absolute Gasteiger partial charge is 0.383 e. The SMILES string of the molecule is Nc1ncnc2c1c(-c1ccc(NSc3ccc(F)cc3F)c(F)c1)cn2C1CCCC1. The number of fused-ring (bicyclic) bond motifs is 1. The Morgan fingerprint density at radius 2 is 1.81 bits per heavy atom. The van der Waals surface area contributed by atoms with Gasteiger partial charge in [-0.15, -0.1) is 0 Å². The minimum absolute atomic E-state index is 0.166. The molecular weight excluding hydrogens is 435 g/mol. The van der Waals surface area contributed by atoms with E-state index in [1.807, 2.05) is 6.20 Å². The highest BCUT2D eigenvalue weighted by atomic mass is 32.2. The van der Waals surface area contributed by atoms with Crippen molar-refractivity contribution in [1.29, 1.82) is 0 Å². The van der Waals surface area contributed by atoms with Gasteiger partial charge in [0.2, 0.25) is 0 Å². The van der Waals surface area contributed by atoms with Crippen molar-refractivity contribution >= 4 is 34.5 Å². The molecule has 2 aromatic carbocycles. The summed E-state index contributed by atoms with van der Waals surface area (Å²) in [6.45, 7) is 0. The summed E-state index contributed by atoms with van der Waals surface area (Å²) in [7, 11) is 0. The van der Waals surface area contributed by atoms with Gasteiger partial charge in [-0.05, 0) is 54.6 Å². The number of hydrogen-bond donors (Lipinski definition) is 2. The smallest absolute Gasteiger partial charge is 0.147 e. The van der Waals surface area contributed by atoms with Crippen molar-refractivity contribution in [2.75, 3.05) is 10.5 Å². The molecule has 0 unspecified atom stereocenters. The molecule has 0 amide bonds. The van der Waals surface area contributed by atoms with Crippen molar-refractivity contribution in [2.24, 2.45) is 0 Å². The summed E-state index contributed by atoms with van der Waals surface area (Å²) >= 11 is 0.875. The van der Waals surface area contributed by atoms with Crippen LogP contribution in [0.3, 0.4) is 0 Å². The Morgan fingerprint density at radius 1 is 1.00 bits per heavy atom. The number of nitrogens with one attached hydrogen (secondary N) is 1. The summed E-state index contributed by atoms with van der Waals surface area (Å²) in [5, 5.41) is 0.710. The van der Waals surface area contributed by atoms with Gasteiger partial charge >= 0.3 is 0 Å². The van der Waals surface area contributed by atoms with Gasteiger partial charge in [-0.2, -0.15) is 0 Å². The van der Waals surface area contributed by atoms with Crippen LogP contribution in [0.2, 0.25) is 0 Å². The molecule has 0 saturated heterocycles. The van der Waals surface area contributed by atoms with Crippen LogP contribution in [0.15, 0.2) is 53.8 Å². The topological polar surface area (TPSA) is 68.8 Å². The maximum absolute atomic E-state index is 14.9. The molecule has 4 aromatic rings. The first-order valence-electron chi connectivity index (χ1n) is 10.3. The van der Waals surface area contributed by atoms with Crippen LogP contribution < -0.4 is 10.5 Å². The van der Waals surface area contributed by atoms with E-state index in [0.29, 0.717) is 22.8 Å². The third kappa shape index (κ3) is 3.77. The summed E-state index contributed by atoms with van der Waals surface area (Å²) < 4.78 is 46.7. The van der Waals surface area contributed by atoms with Gasteiger partial charge in [-0.1, -0.05) is 18.9 Å². The van der Waals surface area contributed by atoms with Gasteiger partial charge in [0.05, 0.1) is 16.0 Å². The maximum Gasteiger partial charge on any atom is 0.147 e. The van der Waals surface area contributed by atoms with E-state index in [4.69, 9.17) is 5.73 Å². The zero-order valence-corrected chi connectivity index (χ0v) is 17.8. The lowest BCUT2D eigenvalue weighted by Gasteiger charge is -2.12. The summed E-state index contributed by atoms with van der Waals surface area (Å²) in [5.74, 6) is -1.53. The van der Waals surface area contributed by atoms with Crippen molar-refractivity contribution in [3.05, 3.63) is 66.4 Å². The average Bonchev–Trinajstić information content (AvgIpc) is 3.42. The zero-order chi connectivity index (χ0) is 22.2. The maximum atomic E-state index is 14.9. The fourth-order valence-electron chi connectivity index (χ4n) is 4.22. The number of nitrogens with two attached hydrogens (primary N) is 1. The van der Waals surface area contributed by atoms with E-state index in [-0.39, 0.29) is 10.6 Å². The number of benzene rings is 2. The van der Waals surface area contributed by atoms with Crippen LogP contribution in [0.1, 0.15) is 31.7 Å². The second kappa shape index (κ2) is 8.38. The first-order chi connectivity index (χ1) is 15.5. The van der Waals surface area contributed by atoms with Crippen molar-refractivity contribution in [3.8, 4) is 11.1 Å². The fraction of sp³-hybridized carbons (Fsp3) is 0.217. The molecule has 2 aromatic heterocycles. The number of rotatable bonds is 5. The third-order valence-corrected chi connectivity index (χ3v) is 6.67. The van der Waals surface area contributed by atoms with E-state index in [1.165, 1.54) is 31.3 Å². The molecule has 9 heteroatoms. The lowest BCUT2D eigenvalue weighted by molar-refractivity contribution is 0.532. The Bertz CT molecular complexity index is 1300. The normalized spacial score (nSPS) is 14.3. The molecule has 0 bridgehead atoms. The molecule has 32 heavy (non-hydrogen) atoms. The first kappa shape index (κ1) is 20.7. The summed E-state index contributed by atoms with van der Waals surface area (Å²) in [6, 6.07) is 8.34.